The van der Waals surface area contributed by atoms with Crippen LogP contribution in [0.15, 0.2) is 41.8 Å². The second-order valence-electron chi connectivity index (χ2n) is 5.26. The van der Waals surface area contributed by atoms with E-state index in [2.05, 4.69) is 18.3 Å². The number of nitrogen functional groups attached to an aromatic ring is 1. The minimum absolute atomic E-state index is 0.0486. The molecular formula is C17H22N2OS. The fraction of sp³-hybridized carbons (Fsp3) is 0.353. The molecule has 4 heteroatoms. The second kappa shape index (κ2) is 7.27. The predicted octanol–water partition coefficient (Wildman–Crippen LogP) is 4.09. The third-order valence-electron chi connectivity index (χ3n) is 3.58. The first-order valence-electron chi connectivity index (χ1n) is 7.31. The first-order chi connectivity index (χ1) is 10.1. The number of amides is 1. The fourth-order valence-corrected chi connectivity index (χ4v) is 3.15. The Kier molecular flexibility index (Phi) is 5.39. The quantitative estimate of drug-likeness (QED) is 0.790. The molecule has 0 aliphatic rings. The van der Waals surface area contributed by atoms with Crippen molar-refractivity contribution in [2.45, 2.75) is 38.6 Å². The smallest absolute Gasteiger partial charge is 0.227 e. The number of hydrogen-bond acceptors (Lipinski definition) is 3. The van der Waals surface area contributed by atoms with Gasteiger partial charge in [-0.15, -0.1) is 11.3 Å². The molecule has 2 atom stereocenters. The Morgan fingerprint density at radius 3 is 2.76 bits per heavy atom. The Labute approximate surface area is 130 Å². The molecule has 21 heavy (non-hydrogen) atoms. The number of hydrogen-bond donors (Lipinski definition) is 2. The van der Waals surface area contributed by atoms with Gasteiger partial charge in [0.1, 0.15) is 0 Å². The van der Waals surface area contributed by atoms with Gasteiger partial charge in [-0.3, -0.25) is 4.79 Å². The minimum Gasteiger partial charge on any atom is -0.399 e. The molecule has 1 aromatic carbocycles. The molecule has 1 heterocycles. The summed E-state index contributed by atoms with van der Waals surface area (Å²) in [7, 11) is 0. The monoisotopic (exact) mass is 302 g/mol. The lowest BCUT2D eigenvalue weighted by Crippen LogP contribution is -2.31. The highest BCUT2D eigenvalue weighted by molar-refractivity contribution is 7.10. The molecule has 3 N–H and O–H groups in total. The molecule has 0 fully saturated rings. The van der Waals surface area contributed by atoms with Crippen LogP contribution in [0.2, 0.25) is 0 Å². The lowest BCUT2D eigenvalue weighted by Gasteiger charge is -2.20. The highest BCUT2D eigenvalue weighted by Crippen LogP contribution is 2.25. The number of anilines is 1. The Hall–Kier alpha value is -1.81. The molecule has 0 radical (unpaired) electrons. The van der Waals surface area contributed by atoms with Crippen molar-refractivity contribution in [1.29, 1.82) is 0 Å². The van der Waals surface area contributed by atoms with E-state index in [4.69, 9.17) is 5.73 Å². The van der Waals surface area contributed by atoms with Crippen LogP contribution in [0, 0.1) is 0 Å². The molecule has 112 valence electrons. The predicted molar refractivity (Wildman–Crippen MR) is 89.4 cm³/mol. The normalized spacial score (nSPS) is 13.6. The zero-order chi connectivity index (χ0) is 15.2. The molecule has 0 aliphatic carbocycles. The lowest BCUT2D eigenvalue weighted by atomic mass is 9.99. The van der Waals surface area contributed by atoms with Gasteiger partial charge in [0.25, 0.3) is 0 Å². The van der Waals surface area contributed by atoms with Gasteiger partial charge in [-0.1, -0.05) is 31.5 Å². The summed E-state index contributed by atoms with van der Waals surface area (Å²) >= 11 is 1.69. The lowest BCUT2D eigenvalue weighted by molar-refractivity contribution is -0.123. The molecule has 0 saturated carbocycles. The highest BCUT2D eigenvalue weighted by atomic mass is 32.1. The van der Waals surface area contributed by atoms with Gasteiger partial charge in [0.05, 0.1) is 12.0 Å². The van der Waals surface area contributed by atoms with E-state index in [1.165, 1.54) is 4.88 Å². The van der Waals surface area contributed by atoms with E-state index in [-0.39, 0.29) is 17.9 Å². The van der Waals surface area contributed by atoms with Gasteiger partial charge in [-0.25, -0.2) is 0 Å². The number of carbonyl (C=O) groups excluding carboxylic acids is 1. The zero-order valence-electron chi connectivity index (χ0n) is 12.5. The summed E-state index contributed by atoms with van der Waals surface area (Å²) in [5.74, 6) is -0.153. The molecule has 1 aromatic heterocycles. The van der Waals surface area contributed by atoms with Crippen LogP contribution in [0.1, 0.15) is 49.1 Å². The number of rotatable bonds is 6. The average Bonchev–Trinajstić information content (AvgIpc) is 3.00. The van der Waals surface area contributed by atoms with Gasteiger partial charge in [-0.05, 0) is 42.5 Å². The Balaban J connectivity index is 2.08. The maximum atomic E-state index is 12.5. The van der Waals surface area contributed by atoms with Gasteiger partial charge in [0.2, 0.25) is 5.91 Å². The third-order valence-corrected chi connectivity index (χ3v) is 4.57. The summed E-state index contributed by atoms with van der Waals surface area (Å²) in [6.07, 6.45) is 1.99. The molecule has 2 unspecified atom stereocenters. The number of nitrogens with two attached hydrogens (primary N) is 1. The van der Waals surface area contributed by atoms with Crippen LogP contribution in [0.3, 0.4) is 0 Å². The van der Waals surface area contributed by atoms with Crippen molar-refractivity contribution in [2.24, 2.45) is 0 Å². The van der Waals surface area contributed by atoms with Gasteiger partial charge < -0.3 is 11.1 Å². The van der Waals surface area contributed by atoms with Crippen molar-refractivity contribution in [2.75, 3.05) is 5.73 Å². The van der Waals surface area contributed by atoms with Crippen molar-refractivity contribution in [3.63, 3.8) is 0 Å². The fourth-order valence-electron chi connectivity index (χ4n) is 2.34. The molecule has 0 aliphatic heterocycles. The molecule has 0 bridgehead atoms. The molecule has 2 aromatic rings. The Bertz CT molecular complexity index is 580. The minimum atomic E-state index is -0.201. The average molecular weight is 302 g/mol. The van der Waals surface area contributed by atoms with Crippen LogP contribution in [0.5, 0.6) is 0 Å². The first kappa shape index (κ1) is 15.6. The number of thiophene rings is 1. The van der Waals surface area contributed by atoms with Crippen molar-refractivity contribution in [1.82, 2.24) is 5.32 Å². The summed E-state index contributed by atoms with van der Waals surface area (Å²) in [6.45, 7) is 4.05. The SMILES string of the molecule is CCCC(NC(=O)C(C)c1cccc(N)c1)c1cccs1. The van der Waals surface area contributed by atoms with E-state index >= 15 is 0 Å². The van der Waals surface area contributed by atoms with E-state index in [0.29, 0.717) is 5.69 Å². The van der Waals surface area contributed by atoms with Gasteiger partial charge in [0.15, 0.2) is 0 Å². The van der Waals surface area contributed by atoms with E-state index in [0.717, 1.165) is 18.4 Å². The van der Waals surface area contributed by atoms with Crippen LogP contribution >= 0.6 is 11.3 Å². The number of nitrogens with one attached hydrogen (secondary N) is 1. The van der Waals surface area contributed by atoms with Gasteiger partial charge >= 0.3 is 0 Å². The van der Waals surface area contributed by atoms with Crippen LogP contribution in [-0.2, 0) is 4.79 Å². The van der Waals surface area contributed by atoms with Crippen molar-refractivity contribution in [3.8, 4) is 0 Å². The van der Waals surface area contributed by atoms with E-state index < -0.39 is 0 Å². The standard InChI is InChI=1S/C17H22N2OS/c1-3-6-15(16-9-5-10-21-16)19-17(20)12(2)13-7-4-8-14(18)11-13/h4-5,7-12,15H,3,6,18H2,1-2H3,(H,19,20). The second-order valence-corrected chi connectivity index (χ2v) is 6.24. The Morgan fingerprint density at radius 1 is 1.33 bits per heavy atom. The number of carbonyl (C=O) groups is 1. The van der Waals surface area contributed by atoms with Crippen LogP contribution in [0.25, 0.3) is 0 Å². The van der Waals surface area contributed by atoms with Crippen LogP contribution in [-0.4, -0.2) is 5.91 Å². The maximum absolute atomic E-state index is 12.5. The third kappa shape index (κ3) is 4.08. The molecule has 0 saturated heterocycles. The zero-order valence-corrected chi connectivity index (χ0v) is 13.3. The maximum Gasteiger partial charge on any atom is 0.227 e. The molecule has 2 rings (SSSR count). The summed E-state index contributed by atoms with van der Waals surface area (Å²) < 4.78 is 0. The topological polar surface area (TPSA) is 55.1 Å². The van der Waals surface area contributed by atoms with Crippen molar-refractivity contribution in [3.05, 3.63) is 52.2 Å². The van der Waals surface area contributed by atoms with E-state index in [1.807, 2.05) is 42.6 Å². The summed E-state index contributed by atoms with van der Waals surface area (Å²) in [5.41, 5.74) is 7.44. The molecular weight excluding hydrogens is 280 g/mol. The molecule has 0 spiro atoms. The molecule has 3 nitrogen and oxygen atoms in total. The van der Waals surface area contributed by atoms with E-state index in [9.17, 15) is 4.79 Å². The Morgan fingerprint density at radius 2 is 2.14 bits per heavy atom. The first-order valence-corrected chi connectivity index (χ1v) is 8.19. The van der Waals surface area contributed by atoms with Crippen LogP contribution in [0.4, 0.5) is 5.69 Å². The van der Waals surface area contributed by atoms with Crippen LogP contribution < -0.4 is 11.1 Å². The molecule has 1 amide bonds. The summed E-state index contributed by atoms with van der Waals surface area (Å²) in [6, 6.07) is 11.7. The van der Waals surface area contributed by atoms with Crippen molar-refractivity contribution < 1.29 is 4.79 Å². The van der Waals surface area contributed by atoms with Gasteiger partial charge in [-0.2, -0.15) is 0 Å². The van der Waals surface area contributed by atoms with E-state index in [1.54, 1.807) is 11.3 Å². The largest absolute Gasteiger partial charge is 0.399 e. The van der Waals surface area contributed by atoms with Gasteiger partial charge in [0, 0.05) is 10.6 Å². The number of benzene rings is 1. The summed E-state index contributed by atoms with van der Waals surface area (Å²) in [5, 5.41) is 5.22. The summed E-state index contributed by atoms with van der Waals surface area (Å²) in [4.78, 5) is 13.7. The van der Waals surface area contributed by atoms with Crippen molar-refractivity contribution >= 4 is 22.9 Å². The highest BCUT2D eigenvalue weighted by Gasteiger charge is 2.20.